The van der Waals surface area contributed by atoms with Crippen molar-refractivity contribution in [1.82, 2.24) is 9.88 Å². The minimum atomic E-state index is -0.0408. The minimum absolute atomic E-state index is 0.0408. The maximum atomic E-state index is 12.3. The maximum absolute atomic E-state index is 12.3. The van der Waals surface area contributed by atoms with E-state index in [1.807, 2.05) is 43.5 Å². The minimum Gasteiger partial charge on any atom is -0.323 e. The van der Waals surface area contributed by atoms with E-state index < -0.39 is 0 Å². The van der Waals surface area contributed by atoms with E-state index >= 15 is 0 Å². The summed E-state index contributed by atoms with van der Waals surface area (Å²) in [7, 11) is 0. The Morgan fingerprint density at radius 3 is 2.83 bits per heavy atom. The second-order valence-corrected chi connectivity index (χ2v) is 6.32. The number of nitrogens with one attached hydrogen (secondary N) is 1. The molecule has 1 aliphatic heterocycles. The highest BCUT2D eigenvalue weighted by Crippen LogP contribution is 2.25. The molecule has 3 rings (SSSR count). The predicted molar refractivity (Wildman–Crippen MR) is 98.1 cm³/mol. The summed E-state index contributed by atoms with van der Waals surface area (Å²) < 4.78 is 0. The van der Waals surface area contributed by atoms with Crippen LogP contribution in [0.1, 0.15) is 17.7 Å². The van der Waals surface area contributed by atoms with Crippen molar-refractivity contribution in [3.05, 3.63) is 65.0 Å². The van der Waals surface area contributed by atoms with Crippen LogP contribution < -0.4 is 5.32 Å². The summed E-state index contributed by atoms with van der Waals surface area (Å²) in [6.45, 7) is 3.89. The third-order valence-corrected chi connectivity index (χ3v) is 4.46. The number of aryl methyl sites for hydroxylation is 1. The molecule has 1 amide bonds. The molecule has 4 nitrogen and oxygen atoms in total. The molecule has 5 heteroatoms. The summed E-state index contributed by atoms with van der Waals surface area (Å²) in [5, 5.41) is 3.49. The summed E-state index contributed by atoms with van der Waals surface area (Å²) in [6, 6.07) is 11.5. The number of nitrogens with zero attached hydrogens (tertiary/aromatic N) is 2. The molecule has 124 valence electrons. The van der Waals surface area contributed by atoms with Gasteiger partial charge in [0, 0.05) is 19.3 Å². The first-order valence-corrected chi connectivity index (χ1v) is 8.39. The fourth-order valence-electron chi connectivity index (χ4n) is 2.81. The van der Waals surface area contributed by atoms with Crippen molar-refractivity contribution in [2.75, 3.05) is 25.0 Å². The Bertz CT molecular complexity index is 738. The smallest absolute Gasteiger partial charge is 0.238 e. The number of aromatic nitrogens is 1. The highest BCUT2D eigenvalue weighted by molar-refractivity contribution is 6.33. The Morgan fingerprint density at radius 2 is 2.17 bits per heavy atom. The van der Waals surface area contributed by atoms with Gasteiger partial charge in [-0.3, -0.25) is 14.7 Å². The van der Waals surface area contributed by atoms with Crippen LogP contribution in [0.15, 0.2) is 48.7 Å². The third-order valence-electron chi connectivity index (χ3n) is 4.14. The average Bonchev–Trinajstić information content (AvgIpc) is 2.60. The van der Waals surface area contributed by atoms with Gasteiger partial charge in [0.1, 0.15) is 0 Å². The standard InChI is InChI=1S/C19H20ClN3O/c1-14-5-4-6-16(20)19(14)22-18(24)13-23-11-8-15(9-12-23)17-7-2-3-10-21-17/h2-8,10H,9,11-13H2,1H3,(H,22,24). The van der Waals surface area contributed by atoms with Crippen LogP contribution in [0.4, 0.5) is 5.69 Å². The number of halogens is 1. The molecule has 1 aliphatic rings. The first-order valence-electron chi connectivity index (χ1n) is 8.01. The number of hydrogen-bond acceptors (Lipinski definition) is 3. The zero-order valence-corrected chi connectivity index (χ0v) is 14.4. The van der Waals surface area contributed by atoms with Crippen molar-refractivity contribution in [2.45, 2.75) is 13.3 Å². The second kappa shape index (κ2) is 7.60. The molecule has 0 saturated carbocycles. The lowest BCUT2D eigenvalue weighted by Gasteiger charge is -2.25. The number of amides is 1. The number of hydrogen-bond donors (Lipinski definition) is 1. The van der Waals surface area contributed by atoms with Gasteiger partial charge in [0.25, 0.3) is 0 Å². The number of benzene rings is 1. The second-order valence-electron chi connectivity index (χ2n) is 5.91. The van der Waals surface area contributed by atoms with Gasteiger partial charge in [0.15, 0.2) is 0 Å². The SMILES string of the molecule is Cc1cccc(Cl)c1NC(=O)CN1CC=C(c2ccccn2)CC1. The van der Waals surface area contributed by atoms with Gasteiger partial charge in [0.05, 0.1) is 22.9 Å². The quantitative estimate of drug-likeness (QED) is 0.920. The zero-order valence-electron chi connectivity index (χ0n) is 13.6. The zero-order chi connectivity index (χ0) is 16.9. The van der Waals surface area contributed by atoms with Gasteiger partial charge < -0.3 is 5.32 Å². The molecule has 0 bridgehead atoms. The van der Waals surface area contributed by atoms with E-state index in [9.17, 15) is 4.79 Å². The van der Waals surface area contributed by atoms with Crippen molar-refractivity contribution in [3.63, 3.8) is 0 Å². The molecular weight excluding hydrogens is 322 g/mol. The summed E-state index contributed by atoms with van der Waals surface area (Å²) >= 11 is 6.16. The van der Waals surface area contributed by atoms with E-state index in [0.717, 1.165) is 30.8 Å². The van der Waals surface area contributed by atoms with E-state index in [2.05, 4.69) is 21.3 Å². The van der Waals surface area contributed by atoms with E-state index in [-0.39, 0.29) is 5.91 Å². The molecule has 1 aromatic carbocycles. The molecule has 0 atom stereocenters. The molecule has 0 fully saturated rings. The highest BCUT2D eigenvalue weighted by Gasteiger charge is 2.17. The number of para-hydroxylation sites is 1. The van der Waals surface area contributed by atoms with Crippen LogP contribution in [0.5, 0.6) is 0 Å². The van der Waals surface area contributed by atoms with Gasteiger partial charge >= 0.3 is 0 Å². The Labute approximate surface area is 147 Å². The van der Waals surface area contributed by atoms with Crippen molar-refractivity contribution in [1.29, 1.82) is 0 Å². The molecule has 0 unspecified atom stereocenters. The number of carbonyl (C=O) groups is 1. The summed E-state index contributed by atoms with van der Waals surface area (Å²) in [5.74, 6) is -0.0408. The lowest BCUT2D eigenvalue weighted by atomic mass is 10.0. The molecule has 0 radical (unpaired) electrons. The van der Waals surface area contributed by atoms with Gasteiger partial charge in [-0.05, 0) is 42.7 Å². The van der Waals surface area contributed by atoms with E-state index in [0.29, 0.717) is 17.3 Å². The Kier molecular flexibility index (Phi) is 5.28. The topological polar surface area (TPSA) is 45.2 Å². The number of rotatable bonds is 4. The molecular formula is C19H20ClN3O. The highest BCUT2D eigenvalue weighted by atomic mass is 35.5. The van der Waals surface area contributed by atoms with Gasteiger partial charge in [-0.2, -0.15) is 0 Å². The van der Waals surface area contributed by atoms with Crippen LogP contribution in [-0.4, -0.2) is 35.4 Å². The number of anilines is 1. The Hall–Kier alpha value is -2.17. The summed E-state index contributed by atoms with van der Waals surface area (Å²) in [4.78, 5) is 18.8. The molecule has 1 N–H and O–H groups in total. The number of pyridine rings is 1. The normalized spacial score (nSPS) is 15.0. The van der Waals surface area contributed by atoms with Crippen LogP contribution in [0, 0.1) is 6.92 Å². The summed E-state index contributed by atoms with van der Waals surface area (Å²) in [6.07, 6.45) is 4.86. The van der Waals surface area contributed by atoms with Crippen molar-refractivity contribution in [2.24, 2.45) is 0 Å². The van der Waals surface area contributed by atoms with E-state index in [4.69, 9.17) is 11.6 Å². The lowest BCUT2D eigenvalue weighted by Crippen LogP contribution is -2.36. The Morgan fingerprint density at radius 1 is 1.29 bits per heavy atom. The van der Waals surface area contributed by atoms with Gasteiger partial charge in [0.2, 0.25) is 5.91 Å². The average molecular weight is 342 g/mol. The third kappa shape index (κ3) is 4.02. The first-order chi connectivity index (χ1) is 11.6. The van der Waals surface area contributed by atoms with Gasteiger partial charge in [-0.15, -0.1) is 0 Å². The van der Waals surface area contributed by atoms with E-state index in [1.165, 1.54) is 5.57 Å². The van der Waals surface area contributed by atoms with Crippen LogP contribution >= 0.6 is 11.6 Å². The molecule has 24 heavy (non-hydrogen) atoms. The van der Waals surface area contributed by atoms with Crippen molar-refractivity contribution in [3.8, 4) is 0 Å². The maximum Gasteiger partial charge on any atom is 0.238 e. The molecule has 0 spiro atoms. The predicted octanol–water partition coefficient (Wildman–Crippen LogP) is 3.77. The lowest BCUT2D eigenvalue weighted by molar-refractivity contribution is -0.117. The van der Waals surface area contributed by atoms with Crippen LogP contribution in [0.3, 0.4) is 0 Å². The first kappa shape index (κ1) is 16.7. The van der Waals surface area contributed by atoms with Gasteiger partial charge in [-0.25, -0.2) is 0 Å². The fraction of sp³-hybridized carbons (Fsp3) is 0.263. The van der Waals surface area contributed by atoms with E-state index in [1.54, 1.807) is 6.07 Å². The number of carbonyl (C=O) groups excluding carboxylic acids is 1. The molecule has 1 aromatic heterocycles. The van der Waals surface area contributed by atoms with Crippen LogP contribution in [-0.2, 0) is 4.79 Å². The molecule has 2 aromatic rings. The van der Waals surface area contributed by atoms with Gasteiger partial charge in [-0.1, -0.05) is 35.9 Å². The molecule has 2 heterocycles. The monoisotopic (exact) mass is 341 g/mol. The molecule has 0 aliphatic carbocycles. The molecule has 0 saturated heterocycles. The Balaban J connectivity index is 1.58. The van der Waals surface area contributed by atoms with Crippen LogP contribution in [0.25, 0.3) is 5.57 Å². The van der Waals surface area contributed by atoms with Crippen LogP contribution in [0.2, 0.25) is 5.02 Å². The summed E-state index contributed by atoms with van der Waals surface area (Å²) in [5.41, 5.74) is 3.93. The largest absolute Gasteiger partial charge is 0.323 e. The van der Waals surface area contributed by atoms with Crippen molar-refractivity contribution < 1.29 is 4.79 Å². The van der Waals surface area contributed by atoms with Crippen molar-refractivity contribution >= 4 is 28.8 Å². The fourth-order valence-corrected chi connectivity index (χ4v) is 3.08.